The van der Waals surface area contributed by atoms with Gasteiger partial charge < -0.3 is 15.3 Å². The molecule has 2 aromatic rings. The van der Waals surface area contributed by atoms with E-state index in [1.807, 2.05) is 18.2 Å². The average molecular weight is 417 g/mol. The lowest BCUT2D eigenvalue weighted by Gasteiger charge is -2.24. The Morgan fingerprint density at radius 2 is 1.72 bits per heavy atom. The molecule has 0 saturated carbocycles. The summed E-state index contributed by atoms with van der Waals surface area (Å²) in [5.41, 5.74) is 4.92. The number of aliphatic hydroxyl groups excluding tert-OH is 2. The van der Waals surface area contributed by atoms with Gasteiger partial charge in [0.15, 0.2) is 0 Å². The zero-order valence-corrected chi connectivity index (χ0v) is 18.9. The standard InChI is InChI=1S/C25H36O3S/c1-4-20(8-7-13-25(28,5-2)6-3)23-15-24(29-18-23)12-10-19-9-11-21(16-26)22(14-19)17-27/h8-9,11,14-15,18,26-28H,4-7,10,12-13,16-17H2,1-3H3/b20-8-. The maximum absolute atomic E-state index is 10.5. The maximum atomic E-state index is 10.5. The predicted molar refractivity (Wildman–Crippen MR) is 123 cm³/mol. The number of rotatable bonds is 12. The van der Waals surface area contributed by atoms with Crippen molar-refractivity contribution >= 4 is 16.9 Å². The van der Waals surface area contributed by atoms with Crippen molar-refractivity contribution in [3.05, 3.63) is 62.9 Å². The van der Waals surface area contributed by atoms with E-state index in [4.69, 9.17) is 0 Å². The van der Waals surface area contributed by atoms with E-state index < -0.39 is 5.60 Å². The van der Waals surface area contributed by atoms with Crippen molar-refractivity contribution in [1.29, 1.82) is 0 Å². The summed E-state index contributed by atoms with van der Waals surface area (Å²) >= 11 is 1.80. The largest absolute Gasteiger partial charge is 0.392 e. The number of hydrogen-bond acceptors (Lipinski definition) is 4. The van der Waals surface area contributed by atoms with E-state index in [0.29, 0.717) is 0 Å². The minimum Gasteiger partial charge on any atom is -0.392 e. The van der Waals surface area contributed by atoms with E-state index in [2.05, 4.69) is 38.3 Å². The van der Waals surface area contributed by atoms with E-state index in [-0.39, 0.29) is 13.2 Å². The molecular weight excluding hydrogens is 380 g/mol. The number of hydrogen-bond donors (Lipinski definition) is 3. The summed E-state index contributed by atoms with van der Waals surface area (Å²) in [6.07, 6.45) is 8.52. The molecule has 0 unspecified atom stereocenters. The van der Waals surface area contributed by atoms with Crippen molar-refractivity contribution in [2.75, 3.05) is 0 Å². The topological polar surface area (TPSA) is 60.7 Å². The van der Waals surface area contributed by atoms with E-state index >= 15 is 0 Å². The second-order valence-electron chi connectivity index (χ2n) is 7.77. The van der Waals surface area contributed by atoms with Crippen LogP contribution in [0.1, 0.15) is 80.0 Å². The van der Waals surface area contributed by atoms with Crippen molar-refractivity contribution in [2.24, 2.45) is 0 Å². The Morgan fingerprint density at radius 3 is 2.34 bits per heavy atom. The van der Waals surface area contributed by atoms with Gasteiger partial charge in [0.2, 0.25) is 0 Å². The van der Waals surface area contributed by atoms with Crippen LogP contribution in [0.5, 0.6) is 0 Å². The van der Waals surface area contributed by atoms with Crippen LogP contribution in [0.15, 0.2) is 35.7 Å². The summed E-state index contributed by atoms with van der Waals surface area (Å²) in [6, 6.07) is 8.24. The summed E-state index contributed by atoms with van der Waals surface area (Å²) in [5, 5.41) is 31.5. The summed E-state index contributed by atoms with van der Waals surface area (Å²) < 4.78 is 0. The highest BCUT2D eigenvalue weighted by Gasteiger charge is 2.20. The molecule has 0 fully saturated rings. The highest BCUT2D eigenvalue weighted by molar-refractivity contribution is 7.10. The summed E-state index contributed by atoms with van der Waals surface area (Å²) in [6.45, 7) is 6.22. The minimum atomic E-state index is -0.534. The first-order valence-corrected chi connectivity index (χ1v) is 11.7. The lowest BCUT2D eigenvalue weighted by molar-refractivity contribution is 0.0246. The Hall–Kier alpha value is -1.46. The Labute approximate surface area is 179 Å². The van der Waals surface area contributed by atoms with Gasteiger partial charge in [-0.2, -0.15) is 0 Å². The van der Waals surface area contributed by atoms with Crippen LogP contribution >= 0.6 is 11.3 Å². The van der Waals surface area contributed by atoms with E-state index in [1.165, 1.54) is 21.6 Å². The van der Waals surface area contributed by atoms with Crippen molar-refractivity contribution in [3.63, 3.8) is 0 Å². The Morgan fingerprint density at radius 1 is 1.00 bits per heavy atom. The molecule has 3 N–H and O–H groups in total. The van der Waals surface area contributed by atoms with Gasteiger partial charge in [-0.3, -0.25) is 0 Å². The second-order valence-corrected chi connectivity index (χ2v) is 8.77. The molecule has 0 spiro atoms. The zero-order valence-electron chi connectivity index (χ0n) is 18.1. The van der Waals surface area contributed by atoms with Gasteiger partial charge >= 0.3 is 0 Å². The van der Waals surface area contributed by atoms with Crippen LogP contribution < -0.4 is 0 Å². The normalized spacial score (nSPS) is 12.6. The van der Waals surface area contributed by atoms with Crippen LogP contribution in [0.3, 0.4) is 0 Å². The molecule has 160 valence electrons. The van der Waals surface area contributed by atoms with Gasteiger partial charge in [-0.1, -0.05) is 45.0 Å². The van der Waals surface area contributed by atoms with Gasteiger partial charge in [0.25, 0.3) is 0 Å². The van der Waals surface area contributed by atoms with E-state index in [9.17, 15) is 15.3 Å². The maximum Gasteiger partial charge on any atom is 0.0685 e. The second kappa shape index (κ2) is 11.7. The van der Waals surface area contributed by atoms with Gasteiger partial charge in [-0.25, -0.2) is 0 Å². The number of allylic oxidation sites excluding steroid dienone is 2. The fourth-order valence-electron chi connectivity index (χ4n) is 3.67. The first-order chi connectivity index (χ1) is 14.0. The molecule has 3 nitrogen and oxygen atoms in total. The first kappa shape index (κ1) is 23.8. The summed E-state index contributed by atoms with van der Waals surface area (Å²) in [4.78, 5) is 1.36. The predicted octanol–water partition coefficient (Wildman–Crippen LogP) is 5.64. The molecule has 2 rings (SSSR count). The van der Waals surface area contributed by atoms with Crippen LogP contribution in [0.25, 0.3) is 5.57 Å². The smallest absolute Gasteiger partial charge is 0.0685 e. The molecule has 0 saturated heterocycles. The molecule has 0 amide bonds. The molecule has 0 radical (unpaired) electrons. The molecular formula is C25H36O3S. The zero-order chi connectivity index (χ0) is 21.3. The van der Waals surface area contributed by atoms with Crippen LogP contribution in [0.2, 0.25) is 0 Å². The van der Waals surface area contributed by atoms with Gasteiger partial charge in [0.05, 0.1) is 18.8 Å². The van der Waals surface area contributed by atoms with Gasteiger partial charge in [0, 0.05) is 4.88 Å². The van der Waals surface area contributed by atoms with Gasteiger partial charge in [-0.05, 0) is 84.2 Å². The highest BCUT2D eigenvalue weighted by atomic mass is 32.1. The number of thiophene rings is 1. The third kappa shape index (κ3) is 6.78. The van der Waals surface area contributed by atoms with Gasteiger partial charge in [0.1, 0.15) is 0 Å². The molecule has 1 aromatic heterocycles. The molecule has 0 aliphatic carbocycles. The Bertz CT molecular complexity index is 787. The quantitative estimate of drug-likeness (QED) is 0.419. The SMILES string of the molecule is CC/C(=C/CCC(O)(CC)CC)c1csc(CCc2ccc(CO)c(CO)c2)c1. The summed E-state index contributed by atoms with van der Waals surface area (Å²) in [7, 11) is 0. The molecule has 0 aliphatic heterocycles. The van der Waals surface area contributed by atoms with Crippen molar-refractivity contribution < 1.29 is 15.3 Å². The van der Waals surface area contributed by atoms with Crippen LogP contribution in [0.4, 0.5) is 0 Å². The van der Waals surface area contributed by atoms with Crippen LogP contribution in [-0.2, 0) is 26.1 Å². The molecule has 1 heterocycles. The molecule has 0 bridgehead atoms. The first-order valence-electron chi connectivity index (χ1n) is 10.8. The fourth-order valence-corrected chi connectivity index (χ4v) is 4.58. The Kier molecular flexibility index (Phi) is 9.57. The molecule has 0 atom stereocenters. The van der Waals surface area contributed by atoms with Crippen molar-refractivity contribution in [2.45, 2.75) is 84.5 Å². The van der Waals surface area contributed by atoms with Crippen LogP contribution in [0, 0.1) is 0 Å². The third-order valence-electron chi connectivity index (χ3n) is 5.99. The van der Waals surface area contributed by atoms with Crippen LogP contribution in [-0.4, -0.2) is 20.9 Å². The lowest BCUT2D eigenvalue weighted by atomic mass is 9.91. The third-order valence-corrected chi connectivity index (χ3v) is 6.99. The van der Waals surface area contributed by atoms with Crippen molar-refractivity contribution in [3.8, 4) is 0 Å². The van der Waals surface area contributed by atoms with E-state index in [0.717, 1.165) is 56.1 Å². The lowest BCUT2D eigenvalue weighted by Crippen LogP contribution is -2.25. The monoisotopic (exact) mass is 416 g/mol. The number of aryl methyl sites for hydroxylation is 2. The molecule has 0 aliphatic rings. The van der Waals surface area contributed by atoms with E-state index in [1.54, 1.807) is 11.3 Å². The van der Waals surface area contributed by atoms with Gasteiger partial charge in [-0.15, -0.1) is 11.3 Å². The minimum absolute atomic E-state index is 0.0372. The van der Waals surface area contributed by atoms with Crippen molar-refractivity contribution in [1.82, 2.24) is 0 Å². The molecule has 29 heavy (non-hydrogen) atoms. The Balaban J connectivity index is 1.99. The molecule has 4 heteroatoms. The number of aliphatic hydroxyl groups is 3. The average Bonchev–Trinajstić information content (AvgIpc) is 3.23. The molecule has 1 aromatic carbocycles. The number of benzene rings is 1. The highest BCUT2D eigenvalue weighted by Crippen LogP contribution is 2.28. The fraction of sp³-hybridized carbons (Fsp3) is 0.520. The summed E-state index contributed by atoms with van der Waals surface area (Å²) in [5.74, 6) is 0.